The van der Waals surface area contributed by atoms with Crippen molar-refractivity contribution in [2.75, 3.05) is 13.1 Å². The van der Waals surface area contributed by atoms with Crippen LogP contribution in [0.2, 0.25) is 5.02 Å². The summed E-state index contributed by atoms with van der Waals surface area (Å²) in [7, 11) is 0. The highest BCUT2D eigenvalue weighted by atomic mass is 35.5. The number of halogens is 1. The second-order valence-corrected chi connectivity index (χ2v) is 9.81. The summed E-state index contributed by atoms with van der Waals surface area (Å²) in [5.74, 6) is 0.982. The molecule has 1 heterocycles. The van der Waals surface area contributed by atoms with Gasteiger partial charge >= 0.3 is 0 Å². The third-order valence-corrected chi connectivity index (χ3v) is 6.55. The number of rotatable bonds is 9. The summed E-state index contributed by atoms with van der Waals surface area (Å²) in [6, 6.07) is 23.6. The third kappa shape index (κ3) is 5.58. The molecule has 2 N–H and O–H groups in total. The molecule has 0 aliphatic carbocycles. The first-order chi connectivity index (χ1) is 16.9. The highest BCUT2D eigenvalue weighted by Crippen LogP contribution is 2.33. The highest BCUT2D eigenvalue weighted by molar-refractivity contribution is 6.31. The summed E-state index contributed by atoms with van der Waals surface area (Å²) in [5, 5.41) is 0.662. The standard InChI is InChI=1S/C29H33ClN4O/c1-20(2)27(33(17-7-16-31)29(35)23-12-10-21(3)11-13-23)28-32-25-15-14-24(30)18-26(25)34(28)19-22-8-5-4-6-9-22/h4-6,8-15,18,20,27H,7,16-17,19,31H2,1-3H3/t27-/m1/s1. The van der Waals surface area contributed by atoms with Crippen LogP contribution in [0.4, 0.5) is 0 Å². The lowest BCUT2D eigenvalue weighted by Gasteiger charge is -2.34. The molecule has 0 aliphatic rings. The molecule has 5 nitrogen and oxygen atoms in total. The van der Waals surface area contributed by atoms with Crippen LogP contribution in [-0.2, 0) is 6.54 Å². The molecule has 1 amide bonds. The van der Waals surface area contributed by atoms with Crippen molar-refractivity contribution in [3.63, 3.8) is 0 Å². The van der Waals surface area contributed by atoms with Crippen LogP contribution in [0.3, 0.4) is 0 Å². The second-order valence-electron chi connectivity index (χ2n) is 9.37. The molecular formula is C29H33ClN4O. The van der Waals surface area contributed by atoms with Gasteiger partial charge in [0, 0.05) is 23.7 Å². The Bertz CT molecular complexity index is 1280. The maximum absolute atomic E-state index is 13.8. The van der Waals surface area contributed by atoms with E-state index in [1.165, 1.54) is 0 Å². The summed E-state index contributed by atoms with van der Waals surface area (Å²) in [6.07, 6.45) is 0.714. The van der Waals surface area contributed by atoms with Gasteiger partial charge in [-0.2, -0.15) is 0 Å². The number of carbonyl (C=O) groups is 1. The average molecular weight is 489 g/mol. The van der Waals surface area contributed by atoms with Crippen molar-refractivity contribution in [1.82, 2.24) is 14.5 Å². The van der Waals surface area contributed by atoms with Gasteiger partial charge in [-0.05, 0) is 61.7 Å². The second kappa shape index (κ2) is 11.1. The van der Waals surface area contributed by atoms with E-state index in [4.69, 9.17) is 22.3 Å². The maximum Gasteiger partial charge on any atom is 0.254 e. The first-order valence-corrected chi connectivity index (χ1v) is 12.5. The fraction of sp³-hybridized carbons (Fsp3) is 0.310. The number of carbonyl (C=O) groups excluding carboxylic acids is 1. The highest BCUT2D eigenvalue weighted by Gasteiger charge is 2.32. The number of amides is 1. The van der Waals surface area contributed by atoms with Crippen molar-refractivity contribution in [2.45, 2.75) is 39.8 Å². The van der Waals surface area contributed by atoms with E-state index in [2.05, 4.69) is 30.5 Å². The number of imidazole rings is 1. The van der Waals surface area contributed by atoms with Crippen LogP contribution in [0.1, 0.15) is 53.6 Å². The quantitative estimate of drug-likeness (QED) is 0.303. The van der Waals surface area contributed by atoms with Gasteiger partial charge in [0.1, 0.15) is 5.82 Å². The summed E-state index contributed by atoms with van der Waals surface area (Å²) in [4.78, 5) is 20.9. The van der Waals surface area contributed by atoms with Gasteiger partial charge in [0.05, 0.1) is 17.1 Å². The monoisotopic (exact) mass is 488 g/mol. The summed E-state index contributed by atoms with van der Waals surface area (Å²) >= 11 is 6.40. The minimum atomic E-state index is -0.231. The predicted octanol–water partition coefficient (Wildman–Crippen LogP) is 6.23. The smallest absolute Gasteiger partial charge is 0.254 e. The lowest BCUT2D eigenvalue weighted by atomic mass is 9.99. The third-order valence-electron chi connectivity index (χ3n) is 6.32. The van der Waals surface area contributed by atoms with E-state index in [9.17, 15) is 4.79 Å². The first kappa shape index (κ1) is 25.0. The summed E-state index contributed by atoms with van der Waals surface area (Å²) < 4.78 is 2.21. The number of fused-ring (bicyclic) bond motifs is 1. The number of nitrogens with two attached hydrogens (primary N) is 1. The van der Waals surface area contributed by atoms with Crippen LogP contribution in [0, 0.1) is 12.8 Å². The minimum Gasteiger partial charge on any atom is -0.330 e. The van der Waals surface area contributed by atoms with Crippen LogP contribution in [-0.4, -0.2) is 33.4 Å². The minimum absolute atomic E-state index is 0.00602. The first-order valence-electron chi connectivity index (χ1n) is 12.2. The van der Waals surface area contributed by atoms with Gasteiger partial charge in [-0.15, -0.1) is 0 Å². The van der Waals surface area contributed by atoms with Gasteiger partial charge in [-0.1, -0.05) is 73.5 Å². The van der Waals surface area contributed by atoms with Crippen LogP contribution in [0.25, 0.3) is 11.0 Å². The molecule has 35 heavy (non-hydrogen) atoms. The zero-order chi connectivity index (χ0) is 24.9. The molecule has 0 aliphatic heterocycles. The van der Waals surface area contributed by atoms with Crippen molar-refractivity contribution < 1.29 is 4.79 Å². The Balaban J connectivity index is 1.86. The van der Waals surface area contributed by atoms with Gasteiger partial charge in [0.15, 0.2) is 0 Å². The van der Waals surface area contributed by atoms with Crippen LogP contribution >= 0.6 is 11.6 Å². The fourth-order valence-electron chi connectivity index (χ4n) is 4.56. The molecule has 6 heteroatoms. The van der Waals surface area contributed by atoms with Crippen molar-refractivity contribution in [2.24, 2.45) is 11.7 Å². The number of hydrogen-bond donors (Lipinski definition) is 1. The molecule has 182 valence electrons. The van der Waals surface area contributed by atoms with Gasteiger partial charge < -0.3 is 15.2 Å². The number of hydrogen-bond acceptors (Lipinski definition) is 3. The van der Waals surface area contributed by atoms with Gasteiger partial charge in [0.25, 0.3) is 5.91 Å². The van der Waals surface area contributed by atoms with Crippen LogP contribution in [0.5, 0.6) is 0 Å². The zero-order valence-electron chi connectivity index (χ0n) is 20.6. The largest absolute Gasteiger partial charge is 0.330 e. The Kier molecular flexibility index (Phi) is 7.89. The molecule has 0 saturated heterocycles. The van der Waals surface area contributed by atoms with Crippen molar-refractivity contribution >= 4 is 28.5 Å². The van der Waals surface area contributed by atoms with E-state index in [-0.39, 0.29) is 17.9 Å². The number of nitrogens with zero attached hydrogens (tertiary/aromatic N) is 3. The topological polar surface area (TPSA) is 64.2 Å². The zero-order valence-corrected chi connectivity index (χ0v) is 21.4. The van der Waals surface area contributed by atoms with Crippen LogP contribution in [0.15, 0.2) is 72.8 Å². The number of benzene rings is 3. The molecule has 0 saturated carbocycles. The van der Waals surface area contributed by atoms with E-state index >= 15 is 0 Å². The van der Waals surface area contributed by atoms with Gasteiger partial charge in [-0.25, -0.2) is 4.98 Å². The predicted molar refractivity (Wildman–Crippen MR) is 144 cm³/mol. The molecule has 0 spiro atoms. The molecule has 0 bridgehead atoms. The van der Waals surface area contributed by atoms with E-state index in [0.29, 0.717) is 36.6 Å². The molecule has 0 fully saturated rings. The van der Waals surface area contributed by atoms with Crippen molar-refractivity contribution in [1.29, 1.82) is 0 Å². The van der Waals surface area contributed by atoms with Gasteiger partial charge in [-0.3, -0.25) is 4.79 Å². The Hall–Kier alpha value is -3.15. The molecule has 4 rings (SSSR count). The molecule has 1 aromatic heterocycles. The van der Waals surface area contributed by atoms with E-state index in [1.54, 1.807) is 0 Å². The van der Waals surface area contributed by atoms with E-state index < -0.39 is 0 Å². The Morgan fingerprint density at radius 2 is 1.77 bits per heavy atom. The normalized spacial score (nSPS) is 12.3. The molecule has 4 aromatic rings. The molecular weight excluding hydrogens is 456 g/mol. The molecule has 1 atom stereocenters. The summed E-state index contributed by atoms with van der Waals surface area (Å²) in [6.45, 7) is 8.01. The van der Waals surface area contributed by atoms with Crippen molar-refractivity contribution in [3.05, 3.63) is 100 Å². The molecule has 0 unspecified atom stereocenters. The Labute approximate surface area is 212 Å². The Morgan fingerprint density at radius 3 is 2.43 bits per heavy atom. The van der Waals surface area contributed by atoms with Crippen molar-refractivity contribution in [3.8, 4) is 0 Å². The summed E-state index contributed by atoms with van der Waals surface area (Å²) in [5.41, 5.74) is 10.7. The lowest BCUT2D eigenvalue weighted by Crippen LogP contribution is -2.40. The average Bonchev–Trinajstić information content (AvgIpc) is 3.18. The van der Waals surface area contributed by atoms with E-state index in [1.807, 2.05) is 72.5 Å². The van der Waals surface area contributed by atoms with Crippen LogP contribution < -0.4 is 5.73 Å². The Morgan fingerprint density at radius 1 is 1.06 bits per heavy atom. The van der Waals surface area contributed by atoms with Gasteiger partial charge in [0.2, 0.25) is 0 Å². The molecule has 3 aromatic carbocycles. The molecule has 0 radical (unpaired) electrons. The lowest BCUT2D eigenvalue weighted by molar-refractivity contribution is 0.0605. The SMILES string of the molecule is Cc1ccc(C(=O)N(CCCN)[C@@H](c2nc3ccc(Cl)cc3n2Cc2ccccc2)C(C)C)cc1. The fourth-order valence-corrected chi connectivity index (χ4v) is 4.73. The van der Waals surface area contributed by atoms with E-state index in [0.717, 1.165) is 28.0 Å². The number of aromatic nitrogens is 2. The number of aryl methyl sites for hydroxylation is 1. The maximum atomic E-state index is 13.8.